The Morgan fingerprint density at radius 2 is 2.27 bits per heavy atom. The molecule has 0 bridgehead atoms. The fourth-order valence-electron chi connectivity index (χ4n) is 1.24. The molecule has 0 aliphatic carbocycles. The SMILES string of the molecule is COC(=O)c1nc2cccnc2cc1O. The Kier molecular flexibility index (Phi) is 2.21. The highest BCUT2D eigenvalue weighted by Crippen LogP contribution is 2.20. The lowest BCUT2D eigenvalue weighted by Gasteiger charge is -2.03. The summed E-state index contributed by atoms with van der Waals surface area (Å²) in [6, 6.07) is 4.79. The molecule has 0 unspecified atom stereocenters. The summed E-state index contributed by atoms with van der Waals surface area (Å²) >= 11 is 0. The number of esters is 1. The molecule has 1 N–H and O–H groups in total. The monoisotopic (exact) mass is 204 g/mol. The van der Waals surface area contributed by atoms with Crippen LogP contribution in [0.1, 0.15) is 10.5 Å². The van der Waals surface area contributed by atoms with Gasteiger partial charge in [0.05, 0.1) is 18.1 Å². The summed E-state index contributed by atoms with van der Waals surface area (Å²) in [5.74, 6) is -0.897. The minimum absolute atomic E-state index is 0.0991. The maximum absolute atomic E-state index is 11.2. The van der Waals surface area contributed by atoms with Gasteiger partial charge in [0.2, 0.25) is 0 Å². The van der Waals surface area contributed by atoms with Crippen molar-refractivity contribution in [1.29, 1.82) is 0 Å². The topological polar surface area (TPSA) is 72.3 Å². The van der Waals surface area contributed by atoms with E-state index in [0.717, 1.165) is 0 Å². The predicted molar refractivity (Wildman–Crippen MR) is 52.5 cm³/mol. The van der Waals surface area contributed by atoms with E-state index in [9.17, 15) is 9.90 Å². The molecular formula is C10H8N2O3. The molecule has 5 nitrogen and oxygen atoms in total. The summed E-state index contributed by atoms with van der Waals surface area (Å²) in [7, 11) is 1.23. The lowest BCUT2D eigenvalue weighted by Crippen LogP contribution is -2.04. The second-order valence-electron chi connectivity index (χ2n) is 2.89. The van der Waals surface area contributed by atoms with Gasteiger partial charge in [0, 0.05) is 12.3 Å². The average molecular weight is 204 g/mol. The summed E-state index contributed by atoms with van der Waals surface area (Å²) in [6.45, 7) is 0. The van der Waals surface area contributed by atoms with Gasteiger partial charge in [0.25, 0.3) is 0 Å². The van der Waals surface area contributed by atoms with Gasteiger partial charge in [0.15, 0.2) is 11.4 Å². The fraction of sp³-hybridized carbons (Fsp3) is 0.100. The van der Waals surface area contributed by atoms with Crippen molar-refractivity contribution in [2.24, 2.45) is 0 Å². The van der Waals surface area contributed by atoms with Crippen molar-refractivity contribution < 1.29 is 14.6 Å². The first-order valence-corrected chi connectivity index (χ1v) is 4.25. The fourth-order valence-corrected chi connectivity index (χ4v) is 1.24. The molecule has 0 fully saturated rings. The molecule has 0 atom stereocenters. The average Bonchev–Trinajstić information content (AvgIpc) is 2.27. The van der Waals surface area contributed by atoms with E-state index in [-0.39, 0.29) is 11.4 Å². The number of nitrogens with zero attached hydrogens (tertiary/aromatic N) is 2. The van der Waals surface area contributed by atoms with Crippen molar-refractivity contribution in [3.63, 3.8) is 0 Å². The summed E-state index contributed by atoms with van der Waals surface area (Å²) in [4.78, 5) is 19.2. The van der Waals surface area contributed by atoms with Crippen molar-refractivity contribution in [1.82, 2.24) is 9.97 Å². The second kappa shape index (κ2) is 3.53. The van der Waals surface area contributed by atoms with Crippen molar-refractivity contribution in [3.05, 3.63) is 30.1 Å². The van der Waals surface area contributed by atoms with Crippen LogP contribution in [0.15, 0.2) is 24.4 Å². The zero-order chi connectivity index (χ0) is 10.8. The molecule has 5 heteroatoms. The van der Waals surface area contributed by atoms with Crippen LogP contribution in [0.5, 0.6) is 5.75 Å². The number of hydrogen-bond donors (Lipinski definition) is 1. The van der Waals surface area contributed by atoms with Gasteiger partial charge in [-0.15, -0.1) is 0 Å². The zero-order valence-electron chi connectivity index (χ0n) is 7.97. The first-order chi connectivity index (χ1) is 7.22. The molecule has 76 valence electrons. The van der Waals surface area contributed by atoms with Gasteiger partial charge in [-0.05, 0) is 12.1 Å². The summed E-state index contributed by atoms with van der Waals surface area (Å²) in [6.07, 6.45) is 1.58. The summed E-state index contributed by atoms with van der Waals surface area (Å²) in [5, 5.41) is 9.51. The number of hydrogen-bond acceptors (Lipinski definition) is 5. The minimum Gasteiger partial charge on any atom is -0.505 e. The van der Waals surface area contributed by atoms with E-state index in [2.05, 4.69) is 14.7 Å². The number of aromatic nitrogens is 2. The Morgan fingerprint density at radius 1 is 1.47 bits per heavy atom. The molecule has 2 aromatic rings. The highest BCUT2D eigenvalue weighted by Gasteiger charge is 2.14. The van der Waals surface area contributed by atoms with Gasteiger partial charge < -0.3 is 9.84 Å². The minimum atomic E-state index is -0.668. The number of pyridine rings is 2. The van der Waals surface area contributed by atoms with E-state index in [1.54, 1.807) is 18.3 Å². The zero-order valence-corrected chi connectivity index (χ0v) is 7.97. The Labute approximate surface area is 85.4 Å². The van der Waals surface area contributed by atoms with E-state index in [1.807, 2.05) is 0 Å². The third-order valence-corrected chi connectivity index (χ3v) is 1.94. The molecule has 0 saturated carbocycles. The van der Waals surface area contributed by atoms with E-state index < -0.39 is 5.97 Å². The van der Waals surface area contributed by atoms with Crippen LogP contribution < -0.4 is 0 Å². The maximum Gasteiger partial charge on any atom is 0.360 e. The first kappa shape index (κ1) is 9.39. The van der Waals surface area contributed by atoms with Gasteiger partial charge in [-0.2, -0.15) is 0 Å². The molecule has 0 amide bonds. The number of methoxy groups -OCH3 is 1. The molecule has 0 saturated heterocycles. The number of carbonyl (C=O) groups is 1. The molecule has 2 heterocycles. The first-order valence-electron chi connectivity index (χ1n) is 4.25. The molecule has 0 aliphatic heterocycles. The maximum atomic E-state index is 11.2. The van der Waals surface area contributed by atoms with Gasteiger partial charge >= 0.3 is 5.97 Å². The number of rotatable bonds is 1. The molecule has 0 aliphatic rings. The van der Waals surface area contributed by atoms with Gasteiger partial charge in [-0.25, -0.2) is 9.78 Å². The van der Waals surface area contributed by atoms with Gasteiger partial charge in [-0.3, -0.25) is 4.98 Å². The number of aromatic hydroxyl groups is 1. The normalized spacial score (nSPS) is 10.2. The van der Waals surface area contributed by atoms with Gasteiger partial charge in [-0.1, -0.05) is 0 Å². The number of ether oxygens (including phenoxy) is 1. The second-order valence-corrected chi connectivity index (χ2v) is 2.89. The van der Waals surface area contributed by atoms with E-state index in [1.165, 1.54) is 13.2 Å². The molecule has 2 rings (SSSR count). The molecule has 2 aromatic heterocycles. The lowest BCUT2D eigenvalue weighted by molar-refractivity contribution is 0.0591. The highest BCUT2D eigenvalue weighted by molar-refractivity contribution is 5.93. The van der Waals surface area contributed by atoms with E-state index in [4.69, 9.17) is 0 Å². The Hall–Kier alpha value is -2.17. The van der Waals surface area contributed by atoms with Crippen LogP contribution in [0.25, 0.3) is 11.0 Å². The molecule has 15 heavy (non-hydrogen) atoms. The van der Waals surface area contributed by atoms with Crippen molar-refractivity contribution in [3.8, 4) is 5.75 Å². The molecule has 0 radical (unpaired) electrons. The van der Waals surface area contributed by atoms with Crippen molar-refractivity contribution >= 4 is 17.0 Å². The predicted octanol–water partition coefficient (Wildman–Crippen LogP) is 1.12. The van der Waals surface area contributed by atoms with Crippen LogP contribution in [-0.2, 0) is 4.74 Å². The summed E-state index contributed by atoms with van der Waals surface area (Å²) in [5.41, 5.74) is 0.969. The van der Waals surface area contributed by atoms with Crippen LogP contribution >= 0.6 is 0 Å². The molecule has 0 aromatic carbocycles. The van der Waals surface area contributed by atoms with Crippen LogP contribution in [0.3, 0.4) is 0 Å². The van der Waals surface area contributed by atoms with Crippen LogP contribution in [0, 0.1) is 0 Å². The largest absolute Gasteiger partial charge is 0.505 e. The quantitative estimate of drug-likeness (QED) is 0.705. The Bertz CT molecular complexity index is 525. The number of fused-ring (bicyclic) bond motifs is 1. The molecule has 0 spiro atoms. The summed E-state index contributed by atoms with van der Waals surface area (Å²) < 4.78 is 4.48. The molecular weight excluding hydrogens is 196 g/mol. The van der Waals surface area contributed by atoms with Gasteiger partial charge in [0.1, 0.15) is 0 Å². The number of carbonyl (C=O) groups excluding carboxylic acids is 1. The van der Waals surface area contributed by atoms with E-state index >= 15 is 0 Å². The smallest absolute Gasteiger partial charge is 0.360 e. The third-order valence-electron chi connectivity index (χ3n) is 1.94. The van der Waals surface area contributed by atoms with Crippen LogP contribution in [0.4, 0.5) is 0 Å². The Balaban J connectivity index is 2.67. The lowest BCUT2D eigenvalue weighted by atomic mass is 10.2. The van der Waals surface area contributed by atoms with Crippen molar-refractivity contribution in [2.75, 3.05) is 7.11 Å². The standard InChI is InChI=1S/C10H8N2O3/c1-15-10(14)9-8(13)5-7-6(12-9)3-2-4-11-7/h2-5,13H,1H3. The van der Waals surface area contributed by atoms with E-state index in [0.29, 0.717) is 11.0 Å². The highest BCUT2D eigenvalue weighted by atomic mass is 16.5. The van der Waals surface area contributed by atoms with Crippen LogP contribution in [0.2, 0.25) is 0 Å². The van der Waals surface area contributed by atoms with Crippen molar-refractivity contribution in [2.45, 2.75) is 0 Å². The Morgan fingerprint density at radius 3 is 3.00 bits per heavy atom. The van der Waals surface area contributed by atoms with Crippen LogP contribution in [-0.4, -0.2) is 28.2 Å². The third kappa shape index (κ3) is 1.59.